The van der Waals surface area contributed by atoms with Gasteiger partial charge in [0, 0.05) is 29.9 Å². The molecule has 0 N–H and O–H groups in total. The third-order valence-corrected chi connectivity index (χ3v) is 9.79. The molecule has 3 nitrogen and oxygen atoms in total. The van der Waals surface area contributed by atoms with Crippen molar-refractivity contribution in [1.82, 2.24) is 0 Å². The van der Waals surface area contributed by atoms with E-state index in [9.17, 15) is 4.79 Å². The number of rotatable bonds is 8. The molecule has 0 bridgehead atoms. The fourth-order valence-corrected chi connectivity index (χ4v) is 7.68. The Hall–Kier alpha value is -4.76. The van der Waals surface area contributed by atoms with E-state index in [-0.39, 0.29) is 8.73 Å². The molecule has 0 saturated heterocycles. The largest absolute Gasteiger partial charge is 0.316 e. The number of hydrogen-bond donors (Lipinski definition) is 0. The van der Waals surface area contributed by atoms with E-state index in [2.05, 4.69) is 130 Å². The van der Waals surface area contributed by atoms with Crippen LogP contribution in [-0.4, -0.2) is 6.41 Å². The molecule has 0 aromatic heterocycles. The van der Waals surface area contributed by atoms with Crippen molar-refractivity contribution < 1.29 is 4.79 Å². The molecule has 7 aromatic carbocycles. The van der Waals surface area contributed by atoms with Gasteiger partial charge in [0.1, 0.15) is 0 Å². The molecule has 212 valence electrons. The summed E-state index contributed by atoms with van der Waals surface area (Å²) >= 11 is 3.67. The number of para-hydroxylation sites is 2. The van der Waals surface area contributed by atoms with E-state index in [1.54, 1.807) is 4.90 Å². The van der Waals surface area contributed by atoms with Crippen LogP contribution in [0.4, 0.5) is 22.7 Å². The molecule has 1 unspecified atom stereocenters. The van der Waals surface area contributed by atoms with Crippen molar-refractivity contribution in [3.05, 3.63) is 162 Å². The average Bonchev–Trinajstić information content (AvgIpc) is 3.09. The summed E-state index contributed by atoms with van der Waals surface area (Å²) in [6.07, 6.45) is 0.895. The van der Waals surface area contributed by atoms with Crippen molar-refractivity contribution in [2.24, 2.45) is 0 Å². The molecule has 0 spiro atoms. The number of carbonyl (C=O) groups is 1. The van der Waals surface area contributed by atoms with Crippen LogP contribution in [0.3, 0.4) is 0 Å². The van der Waals surface area contributed by atoms with E-state index in [0.717, 1.165) is 33.6 Å². The van der Waals surface area contributed by atoms with Gasteiger partial charge in [-0.05, 0) is 75.1 Å². The minimum atomic E-state index is 0.233. The average molecular weight is 652 g/mol. The smallest absolute Gasteiger partial charge is 0.218 e. The fraction of sp³-hybridized carbons (Fsp3) is 0. The first kappa shape index (κ1) is 28.0. The van der Waals surface area contributed by atoms with Gasteiger partial charge in [-0.25, -0.2) is 0 Å². The molecule has 0 radical (unpaired) electrons. The SMILES string of the molecule is O=CN(c1ccccc1)c1cc(Br)ccc1N(Pc1c2ccccc2c(-c2ccccc2)c2ccccc12)c1ccccc1. The number of hydrogen-bond acceptors (Lipinski definition) is 2. The molecule has 0 saturated carbocycles. The van der Waals surface area contributed by atoms with Crippen molar-refractivity contribution in [3.8, 4) is 11.1 Å². The molecule has 7 rings (SSSR count). The summed E-state index contributed by atoms with van der Waals surface area (Å²) in [5.74, 6) is 0. The van der Waals surface area contributed by atoms with E-state index < -0.39 is 0 Å². The fourth-order valence-electron chi connectivity index (χ4n) is 5.84. The van der Waals surface area contributed by atoms with Gasteiger partial charge in [0.15, 0.2) is 0 Å². The molecule has 0 aliphatic rings. The molecular weight excluding hydrogens is 623 g/mol. The molecule has 5 heteroatoms. The Morgan fingerprint density at radius 3 is 1.59 bits per heavy atom. The number of nitrogens with zero attached hydrogens (tertiary/aromatic N) is 2. The highest BCUT2D eigenvalue weighted by atomic mass is 79.9. The summed E-state index contributed by atoms with van der Waals surface area (Å²) in [5, 5.41) is 6.15. The van der Waals surface area contributed by atoms with E-state index >= 15 is 0 Å². The molecule has 1 atom stereocenters. The van der Waals surface area contributed by atoms with Gasteiger partial charge in [-0.15, -0.1) is 0 Å². The number of amides is 1. The zero-order chi connectivity index (χ0) is 29.9. The predicted molar refractivity (Wildman–Crippen MR) is 192 cm³/mol. The Bertz CT molecular complexity index is 2030. The summed E-state index contributed by atoms with van der Waals surface area (Å²) in [4.78, 5) is 14.4. The van der Waals surface area contributed by atoms with Gasteiger partial charge in [-0.3, -0.25) is 9.69 Å². The summed E-state index contributed by atoms with van der Waals surface area (Å²) in [6, 6.07) is 54.5. The molecular formula is C39H28BrN2OP. The minimum absolute atomic E-state index is 0.233. The standard InChI is InChI=1S/C39H28BrN2OP/c40-29-24-25-36(37(26-29)41(27-43)30-16-6-2-7-17-30)42(31-18-8-3-9-19-31)44-39-34-22-12-10-20-32(34)38(28-14-4-1-5-15-28)33-21-11-13-23-35(33)39/h1-27,44H. The maximum Gasteiger partial charge on any atom is 0.218 e. The maximum atomic E-state index is 12.7. The first-order valence-electron chi connectivity index (χ1n) is 14.4. The van der Waals surface area contributed by atoms with Gasteiger partial charge in [-0.2, -0.15) is 0 Å². The van der Waals surface area contributed by atoms with Crippen LogP contribution in [0.25, 0.3) is 32.7 Å². The number of fused-ring (bicyclic) bond motifs is 2. The zero-order valence-corrected chi connectivity index (χ0v) is 26.4. The van der Waals surface area contributed by atoms with Crippen molar-refractivity contribution in [2.45, 2.75) is 0 Å². The summed E-state index contributed by atoms with van der Waals surface area (Å²) in [5.41, 5.74) is 6.04. The topological polar surface area (TPSA) is 23.6 Å². The lowest BCUT2D eigenvalue weighted by Crippen LogP contribution is -2.19. The van der Waals surface area contributed by atoms with Crippen LogP contribution in [0.2, 0.25) is 0 Å². The molecule has 0 heterocycles. The van der Waals surface area contributed by atoms with Gasteiger partial charge in [-0.1, -0.05) is 131 Å². The second-order valence-corrected chi connectivity index (χ2v) is 12.5. The van der Waals surface area contributed by atoms with Crippen LogP contribution in [0.1, 0.15) is 0 Å². The Balaban J connectivity index is 1.48. The van der Waals surface area contributed by atoms with Crippen molar-refractivity contribution in [3.63, 3.8) is 0 Å². The molecule has 1 amide bonds. The first-order valence-corrected chi connectivity index (χ1v) is 16.2. The summed E-state index contributed by atoms with van der Waals surface area (Å²) in [7, 11) is 0.233. The Morgan fingerprint density at radius 1 is 0.523 bits per heavy atom. The van der Waals surface area contributed by atoms with E-state index in [4.69, 9.17) is 0 Å². The van der Waals surface area contributed by atoms with Crippen molar-refractivity contribution in [2.75, 3.05) is 9.57 Å². The second-order valence-electron chi connectivity index (χ2n) is 10.4. The highest BCUT2D eigenvalue weighted by Gasteiger charge is 2.23. The monoisotopic (exact) mass is 650 g/mol. The molecule has 0 fully saturated rings. The van der Waals surface area contributed by atoms with Crippen LogP contribution in [0, 0.1) is 0 Å². The Kier molecular flexibility index (Phi) is 7.94. The van der Waals surface area contributed by atoms with Crippen LogP contribution in [-0.2, 0) is 4.79 Å². The Labute approximate surface area is 267 Å². The second kappa shape index (κ2) is 12.5. The third-order valence-electron chi connectivity index (χ3n) is 7.81. The van der Waals surface area contributed by atoms with E-state index in [1.165, 1.54) is 38.0 Å². The van der Waals surface area contributed by atoms with Crippen LogP contribution < -0.4 is 14.9 Å². The number of anilines is 4. The lowest BCUT2D eigenvalue weighted by Gasteiger charge is -2.31. The van der Waals surface area contributed by atoms with Crippen LogP contribution in [0.15, 0.2) is 162 Å². The number of benzene rings is 7. The third kappa shape index (κ3) is 5.28. The molecule has 7 aromatic rings. The van der Waals surface area contributed by atoms with Crippen molar-refractivity contribution in [1.29, 1.82) is 0 Å². The Morgan fingerprint density at radius 2 is 1.02 bits per heavy atom. The highest BCUT2D eigenvalue weighted by Crippen LogP contribution is 2.47. The van der Waals surface area contributed by atoms with Crippen LogP contribution >= 0.6 is 24.7 Å². The summed E-state index contributed by atoms with van der Waals surface area (Å²) < 4.78 is 3.25. The maximum absolute atomic E-state index is 12.7. The van der Waals surface area contributed by atoms with E-state index in [0.29, 0.717) is 0 Å². The van der Waals surface area contributed by atoms with Gasteiger partial charge >= 0.3 is 0 Å². The normalized spacial score (nSPS) is 11.3. The lowest BCUT2D eigenvalue weighted by molar-refractivity contribution is -0.106. The highest BCUT2D eigenvalue weighted by molar-refractivity contribution is 9.10. The van der Waals surface area contributed by atoms with Gasteiger partial charge in [0.05, 0.1) is 11.4 Å². The van der Waals surface area contributed by atoms with Gasteiger partial charge < -0.3 is 4.67 Å². The predicted octanol–water partition coefficient (Wildman–Crippen LogP) is 10.8. The summed E-state index contributed by atoms with van der Waals surface area (Å²) in [6.45, 7) is 0. The quantitative estimate of drug-likeness (QED) is 0.0928. The number of carbonyl (C=O) groups excluding carboxylic acids is 1. The number of halogens is 1. The van der Waals surface area contributed by atoms with Gasteiger partial charge in [0.25, 0.3) is 0 Å². The van der Waals surface area contributed by atoms with Gasteiger partial charge in [0.2, 0.25) is 6.41 Å². The molecule has 44 heavy (non-hydrogen) atoms. The van der Waals surface area contributed by atoms with Crippen molar-refractivity contribution >= 4 is 80.7 Å². The first-order chi connectivity index (χ1) is 21.7. The van der Waals surface area contributed by atoms with Crippen LogP contribution in [0.5, 0.6) is 0 Å². The molecule has 0 aliphatic carbocycles. The lowest BCUT2D eigenvalue weighted by atomic mass is 9.92. The minimum Gasteiger partial charge on any atom is -0.316 e. The molecule has 0 aliphatic heterocycles. The van der Waals surface area contributed by atoms with E-state index in [1.807, 2.05) is 48.5 Å². The zero-order valence-electron chi connectivity index (χ0n) is 23.8.